The third-order valence-corrected chi connectivity index (χ3v) is 7.09. The van der Waals surface area contributed by atoms with Gasteiger partial charge >= 0.3 is 0 Å². The summed E-state index contributed by atoms with van der Waals surface area (Å²) in [4.78, 5) is 33.8. The van der Waals surface area contributed by atoms with E-state index in [0.717, 1.165) is 42.1 Å². The largest absolute Gasteiger partial charge is 0.339 e. The van der Waals surface area contributed by atoms with E-state index in [4.69, 9.17) is 11.6 Å². The van der Waals surface area contributed by atoms with Crippen molar-refractivity contribution in [2.24, 2.45) is 4.99 Å². The fourth-order valence-corrected chi connectivity index (χ4v) is 4.97. The Hall–Kier alpha value is -2.70. The van der Waals surface area contributed by atoms with Crippen LogP contribution in [0.3, 0.4) is 0 Å². The van der Waals surface area contributed by atoms with Crippen LogP contribution in [0.4, 0.5) is 0 Å². The van der Waals surface area contributed by atoms with Gasteiger partial charge in [0.15, 0.2) is 4.80 Å². The zero-order valence-electron chi connectivity index (χ0n) is 17.6. The Labute approximate surface area is 190 Å². The molecule has 31 heavy (non-hydrogen) atoms. The summed E-state index contributed by atoms with van der Waals surface area (Å²) in [6, 6.07) is 14.6. The molecule has 2 amide bonds. The Balaban J connectivity index is 1.72. The Bertz CT molecular complexity index is 1210. The number of aromatic nitrogens is 1. The number of carbonyl (C=O) groups is 2. The first-order valence-electron chi connectivity index (χ1n) is 10.3. The minimum Gasteiger partial charge on any atom is -0.339 e. The lowest BCUT2D eigenvalue weighted by Gasteiger charge is -2.18. The molecule has 3 aromatic rings. The van der Waals surface area contributed by atoms with Crippen molar-refractivity contribution in [2.75, 3.05) is 13.1 Å². The van der Waals surface area contributed by atoms with Crippen LogP contribution < -0.4 is 4.80 Å². The van der Waals surface area contributed by atoms with Gasteiger partial charge in [-0.15, -0.1) is 11.3 Å². The molecule has 1 saturated heterocycles. The second-order valence-corrected chi connectivity index (χ2v) is 9.25. The second-order valence-electron chi connectivity index (χ2n) is 7.67. The smallest absolute Gasteiger partial charge is 0.281 e. The maximum atomic E-state index is 13.1. The first kappa shape index (κ1) is 21.5. The molecule has 0 N–H and O–H groups in total. The first-order valence-corrected chi connectivity index (χ1v) is 11.5. The Morgan fingerprint density at radius 1 is 1.00 bits per heavy atom. The summed E-state index contributed by atoms with van der Waals surface area (Å²) in [5, 5.41) is 0.384. The van der Waals surface area contributed by atoms with E-state index in [9.17, 15) is 9.59 Å². The van der Waals surface area contributed by atoms with Gasteiger partial charge in [-0.2, -0.15) is 4.99 Å². The maximum Gasteiger partial charge on any atom is 0.281 e. The number of thiazole rings is 1. The molecule has 0 bridgehead atoms. The predicted octanol–water partition coefficient (Wildman–Crippen LogP) is 4.85. The van der Waals surface area contributed by atoms with Gasteiger partial charge in [-0.05, 0) is 50.5 Å². The highest BCUT2D eigenvalue weighted by Gasteiger charge is 2.22. The van der Waals surface area contributed by atoms with E-state index in [-0.39, 0.29) is 11.8 Å². The van der Waals surface area contributed by atoms with E-state index in [1.165, 1.54) is 11.3 Å². The Morgan fingerprint density at radius 3 is 2.35 bits per heavy atom. The average molecular weight is 454 g/mol. The summed E-state index contributed by atoms with van der Waals surface area (Å²) >= 11 is 7.65. The van der Waals surface area contributed by atoms with E-state index >= 15 is 0 Å². The van der Waals surface area contributed by atoms with Crippen LogP contribution in [0.5, 0.6) is 0 Å². The van der Waals surface area contributed by atoms with Gasteiger partial charge in [0.05, 0.1) is 17.1 Å². The molecule has 7 heteroatoms. The number of nitrogens with zero attached hydrogens (tertiary/aromatic N) is 3. The van der Waals surface area contributed by atoms with Crippen LogP contribution in [0.2, 0.25) is 5.02 Å². The van der Waals surface area contributed by atoms with Gasteiger partial charge in [0, 0.05) is 29.2 Å². The summed E-state index contributed by atoms with van der Waals surface area (Å²) in [6.07, 6.45) is 2.11. The summed E-state index contributed by atoms with van der Waals surface area (Å²) in [5.74, 6) is -0.300. The molecule has 5 nitrogen and oxygen atoms in total. The quantitative estimate of drug-likeness (QED) is 0.567. The number of rotatable bonds is 4. The van der Waals surface area contributed by atoms with E-state index < -0.39 is 0 Å². The van der Waals surface area contributed by atoms with Gasteiger partial charge < -0.3 is 9.47 Å². The molecule has 1 aromatic heterocycles. The zero-order chi connectivity index (χ0) is 22.0. The normalized spacial score (nSPS) is 14.3. The van der Waals surface area contributed by atoms with Gasteiger partial charge in [0.25, 0.3) is 11.8 Å². The summed E-state index contributed by atoms with van der Waals surface area (Å²) in [5.41, 5.74) is 3.04. The molecule has 1 fully saturated rings. The molecule has 1 aliphatic heterocycles. The highest BCUT2D eigenvalue weighted by Crippen LogP contribution is 2.20. The minimum atomic E-state index is -0.373. The van der Waals surface area contributed by atoms with Crippen LogP contribution in [0, 0.1) is 13.8 Å². The number of halogens is 1. The number of amides is 2. The number of hydrogen-bond donors (Lipinski definition) is 0. The van der Waals surface area contributed by atoms with Gasteiger partial charge in [-0.25, -0.2) is 0 Å². The lowest BCUT2D eigenvalue weighted by molar-refractivity contribution is 0.0791. The molecule has 0 radical (unpaired) electrons. The third-order valence-electron chi connectivity index (χ3n) is 5.66. The lowest BCUT2D eigenvalue weighted by Crippen LogP contribution is -2.29. The highest BCUT2D eigenvalue weighted by molar-refractivity contribution is 7.09. The number of carbonyl (C=O) groups excluding carboxylic acids is 2. The average Bonchev–Trinajstić information content (AvgIpc) is 3.39. The topological polar surface area (TPSA) is 54.7 Å². The monoisotopic (exact) mass is 453 g/mol. The van der Waals surface area contributed by atoms with Crippen molar-refractivity contribution in [1.29, 1.82) is 0 Å². The lowest BCUT2D eigenvalue weighted by atomic mass is 10.1. The SMILES string of the molecule is Cc1sc(=NC(=O)c2ccccc2Cl)n(Cc2ccccc2C(=O)N2CCCC2)c1C. The number of hydrogen-bond acceptors (Lipinski definition) is 3. The molecule has 4 rings (SSSR count). The number of benzene rings is 2. The fourth-order valence-electron chi connectivity index (χ4n) is 3.78. The molecule has 2 aromatic carbocycles. The summed E-state index contributed by atoms with van der Waals surface area (Å²) in [7, 11) is 0. The summed E-state index contributed by atoms with van der Waals surface area (Å²) < 4.78 is 2.00. The van der Waals surface area contributed by atoms with Crippen molar-refractivity contribution in [1.82, 2.24) is 9.47 Å². The molecule has 1 aliphatic rings. The van der Waals surface area contributed by atoms with E-state index in [1.54, 1.807) is 24.3 Å². The standard InChI is InChI=1S/C24H24ClN3O2S/c1-16-17(2)31-24(26-22(29)20-11-5-6-12-21(20)25)28(16)15-18-9-3-4-10-19(18)23(30)27-13-7-8-14-27/h3-6,9-12H,7-8,13-15H2,1-2H3. The maximum absolute atomic E-state index is 13.1. The van der Waals surface area contributed by atoms with Crippen molar-refractivity contribution < 1.29 is 9.59 Å². The molecule has 0 atom stereocenters. The van der Waals surface area contributed by atoms with Crippen LogP contribution in [0.15, 0.2) is 53.5 Å². The van der Waals surface area contributed by atoms with Gasteiger partial charge in [0.1, 0.15) is 0 Å². The van der Waals surface area contributed by atoms with Gasteiger partial charge in [-0.1, -0.05) is 41.9 Å². The molecule has 0 spiro atoms. The van der Waals surface area contributed by atoms with Crippen LogP contribution in [0.25, 0.3) is 0 Å². The van der Waals surface area contributed by atoms with Crippen molar-refractivity contribution in [2.45, 2.75) is 33.2 Å². The molecular formula is C24H24ClN3O2S. The highest BCUT2D eigenvalue weighted by atomic mass is 35.5. The second kappa shape index (κ2) is 9.20. The van der Waals surface area contributed by atoms with Crippen molar-refractivity contribution in [3.63, 3.8) is 0 Å². The van der Waals surface area contributed by atoms with Crippen molar-refractivity contribution >= 4 is 34.8 Å². The van der Waals surface area contributed by atoms with E-state index in [0.29, 0.717) is 27.5 Å². The third kappa shape index (κ3) is 4.50. The van der Waals surface area contributed by atoms with Gasteiger partial charge in [0.2, 0.25) is 0 Å². The molecule has 0 aliphatic carbocycles. The summed E-state index contributed by atoms with van der Waals surface area (Å²) in [6.45, 7) is 6.11. The van der Waals surface area contributed by atoms with Gasteiger partial charge in [-0.3, -0.25) is 9.59 Å². The van der Waals surface area contributed by atoms with Crippen LogP contribution in [-0.2, 0) is 6.54 Å². The number of likely N-dealkylation sites (tertiary alicyclic amines) is 1. The van der Waals surface area contributed by atoms with E-state index in [1.807, 2.05) is 47.6 Å². The Morgan fingerprint density at radius 2 is 1.65 bits per heavy atom. The number of aryl methyl sites for hydroxylation is 1. The fraction of sp³-hybridized carbons (Fsp3) is 0.292. The van der Waals surface area contributed by atoms with Crippen LogP contribution >= 0.6 is 22.9 Å². The molecular weight excluding hydrogens is 430 g/mol. The van der Waals surface area contributed by atoms with Crippen LogP contribution in [-0.4, -0.2) is 34.4 Å². The van der Waals surface area contributed by atoms with Crippen LogP contribution in [0.1, 0.15) is 49.7 Å². The van der Waals surface area contributed by atoms with E-state index in [2.05, 4.69) is 4.99 Å². The molecule has 0 unspecified atom stereocenters. The Kier molecular flexibility index (Phi) is 6.39. The first-order chi connectivity index (χ1) is 15.0. The zero-order valence-corrected chi connectivity index (χ0v) is 19.2. The predicted molar refractivity (Wildman–Crippen MR) is 124 cm³/mol. The van der Waals surface area contributed by atoms with Crippen molar-refractivity contribution in [3.05, 3.63) is 85.6 Å². The molecule has 160 valence electrons. The molecule has 0 saturated carbocycles. The van der Waals surface area contributed by atoms with Crippen molar-refractivity contribution in [3.8, 4) is 0 Å². The minimum absolute atomic E-state index is 0.0731. The molecule has 2 heterocycles.